The molecule has 0 heterocycles. The van der Waals surface area contributed by atoms with E-state index in [0.29, 0.717) is 0 Å². The van der Waals surface area contributed by atoms with Gasteiger partial charge in [0.2, 0.25) is 0 Å². The third-order valence-electron chi connectivity index (χ3n) is 0.240. The number of hydrogen-bond donors (Lipinski definition) is 2. The second kappa shape index (κ2) is 2.57. The highest BCUT2D eigenvalue weighted by Crippen LogP contribution is 1.90. The fraction of sp³-hybridized carbons (Fsp3) is 0. The van der Waals surface area contributed by atoms with Crippen molar-refractivity contribution in [3.8, 4) is 0 Å². The minimum absolute atomic E-state index is 1.84. The maximum absolute atomic E-state index is 9.60. The molecule has 0 aliphatic rings. The van der Waals surface area contributed by atoms with E-state index in [1.54, 1.807) is 0 Å². The topological polar surface area (TPSA) is 133 Å². The van der Waals surface area contributed by atoms with Crippen LogP contribution in [0, 0.1) is 0 Å². The fourth-order valence-corrected chi connectivity index (χ4v) is 0.758. The molecular weight excluding hydrogens is 188 g/mol. The Kier molecular flexibility index (Phi) is 2.42. The van der Waals surface area contributed by atoms with E-state index in [0.717, 1.165) is 0 Å². The molecule has 0 unspecified atom stereocenters. The first-order chi connectivity index (χ1) is 4.21. The van der Waals surface area contributed by atoms with Crippen LogP contribution in [0.5, 0.6) is 0 Å². The monoisotopic (exact) mass is 190 g/mol. The summed E-state index contributed by atoms with van der Waals surface area (Å²) < 4.78 is 57.5. The standard InChI is InChI=1S/H2N2O6S2/c3-9(4,5)1-2-10(6,7)8/h(H,3,4,5)(H,6,7,8). The van der Waals surface area contributed by atoms with Crippen LogP contribution in [0.4, 0.5) is 0 Å². The third kappa shape index (κ3) is 7.42. The van der Waals surface area contributed by atoms with Crippen molar-refractivity contribution in [3.05, 3.63) is 0 Å². The minimum Gasteiger partial charge on any atom is -0.266 e. The third-order valence-corrected chi connectivity index (χ3v) is 0.919. The summed E-state index contributed by atoms with van der Waals surface area (Å²) in [4.78, 5) is 0. The first kappa shape index (κ1) is 9.42. The van der Waals surface area contributed by atoms with E-state index in [-0.39, 0.29) is 0 Å². The van der Waals surface area contributed by atoms with Crippen molar-refractivity contribution in [1.82, 2.24) is 0 Å². The lowest BCUT2D eigenvalue weighted by molar-refractivity contribution is 0.471. The van der Waals surface area contributed by atoms with Gasteiger partial charge in [0.1, 0.15) is 0 Å². The Morgan fingerprint density at radius 2 is 1.00 bits per heavy atom. The van der Waals surface area contributed by atoms with E-state index in [1.807, 2.05) is 9.04 Å². The summed E-state index contributed by atoms with van der Waals surface area (Å²) >= 11 is 0. The lowest BCUT2D eigenvalue weighted by Crippen LogP contribution is -1.94. The highest BCUT2D eigenvalue weighted by molar-refractivity contribution is 7.86. The van der Waals surface area contributed by atoms with Gasteiger partial charge in [0.15, 0.2) is 0 Å². The normalized spacial score (nSPS) is 14.2. The summed E-state index contributed by atoms with van der Waals surface area (Å²) in [7, 11) is -9.68. The molecule has 0 rings (SSSR count). The van der Waals surface area contributed by atoms with Crippen LogP contribution < -0.4 is 0 Å². The van der Waals surface area contributed by atoms with Gasteiger partial charge in [-0.3, -0.25) is 9.11 Å². The van der Waals surface area contributed by atoms with Crippen molar-refractivity contribution in [3.63, 3.8) is 0 Å². The molecule has 60 valence electrons. The number of nitrogens with zero attached hydrogens (tertiary/aromatic N) is 2. The molecule has 0 saturated carbocycles. The van der Waals surface area contributed by atoms with Gasteiger partial charge in [-0.1, -0.05) is 0 Å². The molecule has 0 bridgehead atoms. The van der Waals surface area contributed by atoms with E-state index < -0.39 is 20.6 Å². The lowest BCUT2D eigenvalue weighted by Gasteiger charge is -1.80. The van der Waals surface area contributed by atoms with Crippen LogP contribution in [0.3, 0.4) is 0 Å². The Balaban J connectivity index is 4.64. The zero-order valence-corrected chi connectivity index (χ0v) is 5.87. The van der Waals surface area contributed by atoms with Gasteiger partial charge in [0.25, 0.3) is 0 Å². The smallest absolute Gasteiger partial charge is 0.266 e. The van der Waals surface area contributed by atoms with Gasteiger partial charge >= 0.3 is 20.6 Å². The van der Waals surface area contributed by atoms with Gasteiger partial charge in [-0.2, -0.15) is 16.8 Å². The molecule has 0 radical (unpaired) electrons. The van der Waals surface area contributed by atoms with E-state index >= 15 is 0 Å². The van der Waals surface area contributed by atoms with Crippen LogP contribution >= 0.6 is 0 Å². The molecule has 0 aromatic rings. The van der Waals surface area contributed by atoms with Gasteiger partial charge < -0.3 is 0 Å². The van der Waals surface area contributed by atoms with E-state index in [9.17, 15) is 16.8 Å². The Morgan fingerprint density at radius 3 is 1.10 bits per heavy atom. The van der Waals surface area contributed by atoms with Gasteiger partial charge in [-0.25, -0.2) is 0 Å². The number of hydrogen-bond acceptors (Lipinski definition) is 4. The van der Waals surface area contributed by atoms with Crippen LogP contribution in [-0.4, -0.2) is 25.9 Å². The summed E-state index contributed by atoms with van der Waals surface area (Å²) in [6.07, 6.45) is 0. The second-order valence-electron chi connectivity index (χ2n) is 1.06. The Bertz CT molecular complexity index is 283. The molecule has 0 fully saturated rings. The molecule has 0 aliphatic heterocycles. The summed E-state index contributed by atoms with van der Waals surface area (Å²) in [6.45, 7) is 0. The average molecular weight is 190 g/mol. The van der Waals surface area contributed by atoms with Crippen LogP contribution in [0.25, 0.3) is 0 Å². The highest BCUT2D eigenvalue weighted by Gasteiger charge is 2.04. The summed E-state index contributed by atoms with van der Waals surface area (Å²) in [6, 6.07) is 0. The molecule has 0 spiro atoms. The van der Waals surface area contributed by atoms with Gasteiger partial charge in [0, 0.05) is 0 Å². The van der Waals surface area contributed by atoms with Gasteiger partial charge in [-0.15, -0.1) is 0 Å². The van der Waals surface area contributed by atoms with E-state index in [4.69, 9.17) is 9.11 Å². The first-order valence-corrected chi connectivity index (χ1v) is 4.39. The maximum Gasteiger partial charge on any atom is 0.396 e. The quantitative estimate of drug-likeness (QED) is 0.425. The molecule has 10 heavy (non-hydrogen) atoms. The van der Waals surface area contributed by atoms with Crippen molar-refractivity contribution in [2.24, 2.45) is 9.04 Å². The molecule has 0 aromatic carbocycles. The molecule has 8 nitrogen and oxygen atoms in total. The van der Waals surface area contributed by atoms with Crippen molar-refractivity contribution in [2.75, 3.05) is 0 Å². The van der Waals surface area contributed by atoms with Crippen LogP contribution in [0.2, 0.25) is 0 Å². The zero-order valence-electron chi connectivity index (χ0n) is 4.24. The fourth-order valence-electron chi connectivity index (χ4n) is 0.0842. The van der Waals surface area contributed by atoms with Gasteiger partial charge in [-0.05, 0) is 9.04 Å². The highest BCUT2D eigenvalue weighted by atomic mass is 32.2. The molecule has 0 saturated heterocycles. The Labute approximate surface area is 56.3 Å². The van der Waals surface area contributed by atoms with Crippen molar-refractivity contribution in [2.45, 2.75) is 0 Å². The van der Waals surface area contributed by atoms with E-state index in [1.165, 1.54) is 0 Å². The molecular formula is H2N2O6S2. The number of rotatable bonds is 2. The van der Waals surface area contributed by atoms with Crippen molar-refractivity contribution >= 4 is 20.6 Å². The van der Waals surface area contributed by atoms with E-state index in [2.05, 4.69) is 0 Å². The largest absolute Gasteiger partial charge is 0.396 e. The van der Waals surface area contributed by atoms with Gasteiger partial charge in [0.05, 0.1) is 0 Å². The zero-order chi connectivity index (χ0) is 8.41. The summed E-state index contributed by atoms with van der Waals surface area (Å²) in [5.74, 6) is 0. The SMILES string of the molecule is O=S(=O)(O)N=NS(=O)(=O)O. The predicted octanol–water partition coefficient (Wildman–Crippen LogP) is -0.956. The Hall–Kier alpha value is -0.580. The Morgan fingerprint density at radius 1 is 0.800 bits per heavy atom. The van der Waals surface area contributed by atoms with Crippen LogP contribution in [0.1, 0.15) is 0 Å². The second-order valence-corrected chi connectivity index (χ2v) is 3.18. The minimum atomic E-state index is -4.84. The molecule has 10 heteroatoms. The first-order valence-electron chi connectivity index (χ1n) is 1.60. The van der Waals surface area contributed by atoms with Crippen LogP contribution in [-0.2, 0) is 20.6 Å². The molecule has 0 amide bonds. The predicted molar refractivity (Wildman–Crippen MR) is 28.0 cm³/mol. The molecule has 0 aromatic heterocycles. The molecule has 0 aliphatic carbocycles. The molecule has 2 N–H and O–H groups in total. The lowest BCUT2D eigenvalue weighted by atomic mass is 13.2. The average Bonchev–Trinajstić information content (AvgIpc) is 1.57. The molecule has 0 atom stereocenters. The van der Waals surface area contributed by atoms with Crippen LogP contribution in [0.15, 0.2) is 9.04 Å². The summed E-state index contributed by atoms with van der Waals surface area (Å²) in [5.41, 5.74) is 0. The maximum atomic E-state index is 9.60. The van der Waals surface area contributed by atoms with Crippen molar-refractivity contribution in [1.29, 1.82) is 0 Å². The summed E-state index contributed by atoms with van der Waals surface area (Å²) in [5, 5.41) is 0. The van der Waals surface area contributed by atoms with Crippen molar-refractivity contribution < 1.29 is 25.9 Å².